The van der Waals surface area contributed by atoms with Gasteiger partial charge in [-0.15, -0.1) is 0 Å². The quantitative estimate of drug-likeness (QED) is 0.683. The topological polar surface area (TPSA) is 95.7 Å². The van der Waals surface area contributed by atoms with Gasteiger partial charge in [-0.1, -0.05) is 24.3 Å². The number of hydrogen-bond donors (Lipinski definition) is 2. The van der Waals surface area contributed by atoms with E-state index in [0.29, 0.717) is 30.4 Å². The Kier molecular flexibility index (Phi) is 5.20. The number of fused-ring (bicyclic) bond motifs is 1. The minimum Gasteiger partial charge on any atom is -0.481 e. The molecule has 0 bridgehead atoms. The first-order chi connectivity index (χ1) is 14.0. The largest absolute Gasteiger partial charge is 0.481 e. The molecule has 0 aliphatic carbocycles. The molecule has 1 amide bonds. The van der Waals surface area contributed by atoms with Crippen LogP contribution in [0.4, 0.5) is 11.7 Å². The number of piperidine rings is 1. The molecule has 4 rings (SSSR count). The van der Waals surface area contributed by atoms with Gasteiger partial charge in [0.05, 0.1) is 5.92 Å². The summed E-state index contributed by atoms with van der Waals surface area (Å²) >= 11 is 0. The van der Waals surface area contributed by atoms with Gasteiger partial charge in [0.25, 0.3) is 6.01 Å². The number of aliphatic carboxylic acids is 1. The lowest BCUT2D eigenvalue weighted by Crippen LogP contribution is -2.38. The van der Waals surface area contributed by atoms with Gasteiger partial charge in [0.15, 0.2) is 5.58 Å². The highest BCUT2D eigenvalue weighted by atomic mass is 16.4. The molecule has 1 fully saturated rings. The number of carboxylic acid groups (broad SMARTS) is 1. The Balaban J connectivity index is 1.33. The van der Waals surface area contributed by atoms with Crippen molar-refractivity contribution in [3.05, 3.63) is 54.1 Å². The number of carbonyl (C=O) groups excluding carboxylic acids is 1. The number of nitrogens with one attached hydrogen (secondary N) is 1. The number of rotatable bonds is 5. The lowest BCUT2D eigenvalue weighted by Gasteiger charge is -2.30. The van der Waals surface area contributed by atoms with Crippen LogP contribution in [-0.2, 0) is 9.59 Å². The zero-order valence-electron chi connectivity index (χ0n) is 16.2. The van der Waals surface area contributed by atoms with Gasteiger partial charge in [-0.25, -0.2) is 0 Å². The molecular formula is C22H23N3O4. The van der Waals surface area contributed by atoms with E-state index >= 15 is 0 Å². The molecule has 1 saturated heterocycles. The van der Waals surface area contributed by atoms with E-state index in [2.05, 4.69) is 15.2 Å². The van der Waals surface area contributed by atoms with E-state index < -0.39 is 11.9 Å². The zero-order chi connectivity index (χ0) is 20.4. The summed E-state index contributed by atoms with van der Waals surface area (Å²) in [6, 6.07) is 15.3. The van der Waals surface area contributed by atoms with Crippen molar-refractivity contribution in [2.45, 2.75) is 25.7 Å². The molecule has 3 aromatic rings. The third-order valence-electron chi connectivity index (χ3n) is 5.47. The summed E-state index contributed by atoms with van der Waals surface area (Å²) in [6.45, 7) is 3.06. The number of para-hydroxylation sites is 2. The fourth-order valence-electron chi connectivity index (χ4n) is 3.57. The van der Waals surface area contributed by atoms with Crippen molar-refractivity contribution in [1.29, 1.82) is 0 Å². The number of carboxylic acids is 1. The number of nitrogens with zero attached hydrogens (tertiary/aromatic N) is 2. The first kappa shape index (κ1) is 19.0. The van der Waals surface area contributed by atoms with Crippen molar-refractivity contribution < 1.29 is 19.1 Å². The molecule has 2 N–H and O–H groups in total. The van der Waals surface area contributed by atoms with Crippen LogP contribution in [0.2, 0.25) is 0 Å². The second kappa shape index (κ2) is 7.95. The molecule has 150 valence electrons. The Labute approximate surface area is 168 Å². The van der Waals surface area contributed by atoms with Crippen molar-refractivity contribution in [2.75, 3.05) is 23.3 Å². The molecule has 0 radical (unpaired) electrons. The molecule has 29 heavy (non-hydrogen) atoms. The molecule has 1 aliphatic rings. The Morgan fingerprint density at radius 2 is 1.83 bits per heavy atom. The summed E-state index contributed by atoms with van der Waals surface area (Å²) in [5.41, 5.74) is 2.99. The summed E-state index contributed by atoms with van der Waals surface area (Å²) in [7, 11) is 0. The number of hydrogen-bond acceptors (Lipinski definition) is 5. The van der Waals surface area contributed by atoms with Gasteiger partial charge in [0.2, 0.25) is 5.91 Å². The van der Waals surface area contributed by atoms with Crippen molar-refractivity contribution in [3.8, 4) is 0 Å². The Hall–Kier alpha value is -3.35. The number of benzene rings is 2. The van der Waals surface area contributed by atoms with Crippen LogP contribution in [0.1, 0.15) is 31.2 Å². The number of carbonyl (C=O) groups is 2. The standard InChI is InChI=1S/C22H23N3O4/c1-14(21(27)28)15-6-8-17(9-7-15)23-20(26)16-10-12-25(13-11-16)22-24-18-4-2-3-5-19(18)29-22/h2-9,14,16H,10-13H2,1H3,(H,23,26)(H,27,28). The molecule has 1 aromatic heterocycles. The third-order valence-corrected chi connectivity index (χ3v) is 5.47. The smallest absolute Gasteiger partial charge is 0.310 e. The zero-order valence-corrected chi connectivity index (χ0v) is 16.2. The number of oxazole rings is 1. The molecular weight excluding hydrogens is 370 g/mol. The lowest BCUT2D eigenvalue weighted by atomic mass is 9.96. The minimum atomic E-state index is -0.868. The second-order valence-corrected chi connectivity index (χ2v) is 7.40. The van der Waals surface area contributed by atoms with Crippen molar-refractivity contribution in [3.63, 3.8) is 0 Å². The molecule has 2 aromatic carbocycles. The van der Waals surface area contributed by atoms with E-state index in [1.54, 1.807) is 31.2 Å². The van der Waals surface area contributed by atoms with Crippen molar-refractivity contribution in [1.82, 2.24) is 4.98 Å². The predicted octanol–water partition coefficient (Wildman–Crippen LogP) is 3.87. The van der Waals surface area contributed by atoms with E-state index in [-0.39, 0.29) is 11.8 Å². The third kappa shape index (κ3) is 4.08. The van der Waals surface area contributed by atoms with Crippen LogP contribution in [0.5, 0.6) is 0 Å². The molecule has 1 atom stereocenters. The normalized spacial score (nSPS) is 16.0. The summed E-state index contributed by atoms with van der Waals surface area (Å²) < 4.78 is 5.82. The summed E-state index contributed by atoms with van der Waals surface area (Å²) in [5.74, 6) is -1.53. The lowest BCUT2D eigenvalue weighted by molar-refractivity contribution is -0.138. The maximum Gasteiger partial charge on any atom is 0.310 e. The van der Waals surface area contributed by atoms with E-state index in [9.17, 15) is 9.59 Å². The average molecular weight is 393 g/mol. The number of amides is 1. The SMILES string of the molecule is CC(C(=O)O)c1ccc(NC(=O)C2CCN(c3nc4ccccc4o3)CC2)cc1. The highest BCUT2D eigenvalue weighted by Gasteiger charge is 2.27. The Bertz CT molecular complexity index is 987. The Morgan fingerprint density at radius 3 is 2.48 bits per heavy atom. The first-order valence-corrected chi connectivity index (χ1v) is 9.75. The van der Waals surface area contributed by atoms with Crippen molar-refractivity contribution in [2.24, 2.45) is 5.92 Å². The van der Waals surface area contributed by atoms with Gasteiger partial charge >= 0.3 is 5.97 Å². The monoisotopic (exact) mass is 393 g/mol. The predicted molar refractivity (Wildman–Crippen MR) is 110 cm³/mol. The molecule has 7 heteroatoms. The first-order valence-electron chi connectivity index (χ1n) is 9.75. The molecule has 0 spiro atoms. The summed E-state index contributed by atoms with van der Waals surface area (Å²) in [4.78, 5) is 30.3. The molecule has 7 nitrogen and oxygen atoms in total. The van der Waals surface area contributed by atoms with Gasteiger partial charge in [-0.2, -0.15) is 4.98 Å². The summed E-state index contributed by atoms with van der Waals surface area (Å²) in [6.07, 6.45) is 1.44. The molecule has 0 saturated carbocycles. The van der Waals surface area contributed by atoms with Crippen LogP contribution in [0.25, 0.3) is 11.1 Å². The average Bonchev–Trinajstić information content (AvgIpc) is 3.18. The van der Waals surface area contributed by atoms with Crippen molar-refractivity contribution >= 4 is 34.7 Å². The van der Waals surface area contributed by atoms with Crippen LogP contribution in [0.15, 0.2) is 52.9 Å². The van der Waals surface area contributed by atoms with E-state index in [1.807, 2.05) is 24.3 Å². The van der Waals surface area contributed by atoms with Gasteiger partial charge in [-0.05, 0) is 49.6 Å². The maximum absolute atomic E-state index is 12.6. The van der Waals surface area contributed by atoms with Gasteiger partial charge < -0.3 is 19.7 Å². The maximum atomic E-state index is 12.6. The second-order valence-electron chi connectivity index (χ2n) is 7.40. The van der Waals surface area contributed by atoms with E-state index in [4.69, 9.17) is 9.52 Å². The highest BCUT2D eigenvalue weighted by molar-refractivity contribution is 5.92. The van der Waals surface area contributed by atoms with Gasteiger partial charge in [0.1, 0.15) is 5.52 Å². The number of aromatic nitrogens is 1. The van der Waals surface area contributed by atoms with E-state index in [0.717, 1.165) is 23.9 Å². The van der Waals surface area contributed by atoms with E-state index in [1.165, 1.54) is 0 Å². The Morgan fingerprint density at radius 1 is 1.14 bits per heavy atom. The number of anilines is 2. The fraction of sp³-hybridized carbons (Fsp3) is 0.318. The van der Waals surface area contributed by atoms with Gasteiger partial charge in [0, 0.05) is 24.7 Å². The van der Waals surface area contributed by atoms with Crippen LogP contribution >= 0.6 is 0 Å². The summed E-state index contributed by atoms with van der Waals surface area (Å²) in [5, 5.41) is 12.0. The highest BCUT2D eigenvalue weighted by Crippen LogP contribution is 2.27. The fourth-order valence-corrected chi connectivity index (χ4v) is 3.57. The molecule has 2 heterocycles. The molecule has 1 unspecified atom stereocenters. The molecule has 1 aliphatic heterocycles. The van der Waals surface area contributed by atoms with Crippen LogP contribution < -0.4 is 10.2 Å². The van der Waals surface area contributed by atoms with Crippen LogP contribution in [-0.4, -0.2) is 35.1 Å². The van der Waals surface area contributed by atoms with Crippen LogP contribution in [0.3, 0.4) is 0 Å². The minimum absolute atomic E-state index is 0.0127. The van der Waals surface area contributed by atoms with Gasteiger partial charge in [-0.3, -0.25) is 9.59 Å². The van der Waals surface area contributed by atoms with Crippen LogP contribution in [0, 0.1) is 5.92 Å².